The van der Waals surface area contributed by atoms with E-state index in [2.05, 4.69) is 36.6 Å². The minimum Gasteiger partial charge on any atom is -0.354 e. The first-order valence-corrected chi connectivity index (χ1v) is 5.43. The minimum absolute atomic E-state index is 0.0911. The van der Waals surface area contributed by atoms with Crippen molar-refractivity contribution in [2.75, 3.05) is 0 Å². The lowest BCUT2D eigenvalue weighted by Gasteiger charge is -2.10. The summed E-state index contributed by atoms with van der Waals surface area (Å²) in [6.07, 6.45) is 3.06. The van der Waals surface area contributed by atoms with Crippen LogP contribution in [0.15, 0.2) is 30.3 Å². The largest absolute Gasteiger partial charge is 0.354 e. The molecule has 1 fully saturated rings. The van der Waals surface area contributed by atoms with Gasteiger partial charge in [-0.1, -0.05) is 30.3 Å². The molecular formula is C13H16NO. The summed E-state index contributed by atoms with van der Waals surface area (Å²) in [5, 5.41) is 2.49. The van der Waals surface area contributed by atoms with E-state index in [-0.39, 0.29) is 11.8 Å². The van der Waals surface area contributed by atoms with Crippen LogP contribution in [0.5, 0.6) is 0 Å². The molecule has 2 rings (SSSR count). The maximum Gasteiger partial charge on any atom is 0.223 e. The van der Waals surface area contributed by atoms with Gasteiger partial charge in [-0.05, 0) is 30.7 Å². The first kappa shape index (κ1) is 10.2. The second kappa shape index (κ2) is 4.47. The molecule has 1 amide bonds. The van der Waals surface area contributed by atoms with E-state index in [1.54, 1.807) is 0 Å². The van der Waals surface area contributed by atoms with Crippen LogP contribution in [0.1, 0.15) is 30.7 Å². The summed E-state index contributed by atoms with van der Waals surface area (Å²) >= 11 is 0. The molecule has 0 aromatic heterocycles. The molecule has 0 saturated heterocycles. The van der Waals surface area contributed by atoms with E-state index < -0.39 is 0 Å². The van der Waals surface area contributed by atoms with Gasteiger partial charge in [0, 0.05) is 13.0 Å². The molecule has 1 aromatic carbocycles. The summed E-state index contributed by atoms with van der Waals surface area (Å²) in [6.45, 7) is 0. The van der Waals surface area contributed by atoms with Crippen molar-refractivity contribution in [2.24, 2.45) is 5.92 Å². The van der Waals surface area contributed by atoms with Crippen LogP contribution < -0.4 is 5.32 Å². The van der Waals surface area contributed by atoms with E-state index in [9.17, 15) is 4.79 Å². The Bertz CT molecular complexity index is 334. The van der Waals surface area contributed by atoms with Gasteiger partial charge >= 0.3 is 0 Å². The minimum atomic E-state index is 0.0911. The van der Waals surface area contributed by atoms with Gasteiger partial charge in [0.2, 0.25) is 5.91 Å². The first-order chi connectivity index (χ1) is 7.31. The first-order valence-electron chi connectivity index (χ1n) is 5.43. The molecule has 2 heteroatoms. The van der Waals surface area contributed by atoms with Gasteiger partial charge in [-0.3, -0.25) is 4.79 Å². The van der Waals surface area contributed by atoms with Crippen molar-refractivity contribution in [1.29, 1.82) is 0 Å². The van der Waals surface area contributed by atoms with Gasteiger partial charge in [0.25, 0.3) is 0 Å². The Balaban J connectivity index is 2.02. The van der Waals surface area contributed by atoms with Gasteiger partial charge in [0.1, 0.15) is 0 Å². The van der Waals surface area contributed by atoms with E-state index in [0.717, 1.165) is 19.3 Å². The second-order valence-electron chi connectivity index (χ2n) is 4.16. The highest BCUT2D eigenvalue weighted by molar-refractivity contribution is 5.79. The van der Waals surface area contributed by atoms with Crippen molar-refractivity contribution in [3.8, 4) is 0 Å². The topological polar surface area (TPSA) is 29.1 Å². The fourth-order valence-electron chi connectivity index (χ4n) is 2.39. The second-order valence-corrected chi connectivity index (χ2v) is 4.16. The highest BCUT2D eigenvalue weighted by Crippen LogP contribution is 2.38. The van der Waals surface area contributed by atoms with Crippen molar-refractivity contribution in [3.63, 3.8) is 0 Å². The Morgan fingerprint density at radius 2 is 2.00 bits per heavy atom. The molecule has 2 atom stereocenters. The Hall–Kier alpha value is -1.31. The number of hydrogen-bond donors (Lipinski definition) is 1. The lowest BCUT2D eigenvalue weighted by atomic mass is 9.96. The fraction of sp³-hybridized carbons (Fsp3) is 0.385. The van der Waals surface area contributed by atoms with Crippen molar-refractivity contribution >= 4 is 5.91 Å². The maximum absolute atomic E-state index is 11.4. The molecule has 1 saturated carbocycles. The summed E-state index contributed by atoms with van der Waals surface area (Å²) in [4.78, 5) is 11.4. The van der Waals surface area contributed by atoms with Crippen molar-refractivity contribution in [3.05, 3.63) is 42.9 Å². The van der Waals surface area contributed by atoms with Gasteiger partial charge in [0.05, 0.1) is 0 Å². The van der Waals surface area contributed by atoms with Crippen LogP contribution in [-0.4, -0.2) is 5.91 Å². The molecule has 0 spiro atoms. The predicted octanol–water partition coefficient (Wildman–Crippen LogP) is 2.48. The highest BCUT2D eigenvalue weighted by atomic mass is 16.1. The standard InChI is InChI=1S/C13H16NO/c1-14-13(15)12-8-7-11(9-12)10-5-3-2-4-6-10/h2-6,11-12H,1,7-9H2,(H,14,15). The van der Waals surface area contributed by atoms with Gasteiger partial charge < -0.3 is 5.32 Å². The van der Waals surface area contributed by atoms with E-state index >= 15 is 0 Å². The zero-order chi connectivity index (χ0) is 10.7. The molecule has 1 N–H and O–H groups in total. The summed E-state index contributed by atoms with van der Waals surface area (Å²) in [5.74, 6) is 0.801. The van der Waals surface area contributed by atoms with E-state index in [4.69, 9.17) is 0 Å². The molecule has 1 radical (unpaired) electrons. The summed E-state index contributed by atoms with van der Waals surface area (Å²) in [6, 6.07) is 10.4. The zero-order valence-electron chi connectivity index (χ0n) is 8.78. The highest BCUT2D eigenvalue weighted by Gasteiger charge is 2.29. The lowest BCUT2D eigenvalue weighted by molar-refractivity contribution is -0.123. The fourth-order valence-corrected chi connectivity index (χ4v) is 2.39. The van der Waals surface area contributed by atoms with Crippen LogP contribution in [0.2, 0.25) is 0 Å². The number of nitrogens with one attached hydrogen (secondary N) is 1. The van der Waals surface area contributed by atoms with Crippen LogP contribution in [0.4, 0.5) is 0 Å². The van der Waals surface area contributed by atoms with Crippen LogP contribution in [0, 0.1) is 13.0 Å². The zero-order valence-corrected chi connectivity index (χ0v) is 8.78. The number of benzene rings is 1. The summed E-state index contributed by atoms with van der Waals surface area (Å²) in [5.41, 5.74) is 1.36. The average Bonchev–Trinajstić information content (AvgIpc) is 2.78. The number of carbonyl (C=O) groups excluding carboxylic acids is 1. The maximum atomic E-state index is 11.4. The number of amides is 1. The third-order valence-electron chi connectivity index (χ3n) is 3.25. The molecule has 2 nitrogen and oxygen atoms in total. The number of hydrogen-bond acceptors (Lipinski definition) is 1. The Kier molecular flexibility index (Phi) is 3.05. The van der Waals surface area contributed by atoms with Crippen molar-refractivity contribution in [2.45, 2.75) is 25.2 Å². The predicted molar refractivity (Wildman–Crippen MR) is 60.0 cm³/mol. The molecule has 15 heavy (non-hydrogen) atoms. The van der Waals surface area contributed by atoms with Gasteiger partial charge in [0.15, 0.2) is 0 Å². The SMILES string of the molecule is [CH2]NC(=O)C1CCC(c2ccccc2)C1. The molecule has 0 aliphatic heterocycles. The van der Waals surface area contributed by atoms with Crippen LogP contribution in [-0.2, 0) is 4.79 Å². The Morgan fingerprint density at radius 3 is 2.67 bits per heavy atom. The molecule has 2 unspecified atom stereocenters. The normalized spacial score (nSPS) is 25.1. The molecule has 79 valence electrons. The van der Waals surface area contributed by atoms with E-state index in [1.165, 1.54) is 5.56 Å². The van der Waals surface area contributed by atoms with E-state index in [0.29, 0.717) is 5.92 Å². The van der Waals surface area contributed by atoms with Crippen LogP contribution in [0.3, 0.4) is 0 Å². The van der Waals surface area contributed by atoms with Gasteiger partial charge in [-0.15, -0.1) is 0 Å². The Morgan fingerprint density at radius 1 is 1.27 bits per heavy atom. The molecular weight excluding hydrogens is 186 g/mol. The Labute approximate surface area is 90.7 Å². The number of carbonyl (C=O) groups is 1. The molecule has 1 aliphatic carbocycles. The smallest absolute Gasteiger partial charge is 0.223 e. The molecule has 0 bridgehead atoms. The molecule has 1 aliphatic rings. The average molecular weight is 202 g/mol. The van der Waals surface area contributed by atoms with Gasteiger partial charge in [-0.25, -0.2) is 0 Å². The summed E-state index contributed by atoms with van der Waals surface area (Å²) < 4.78 is 0. The molecule has 0 heterocycles. The van der Waals surface area contributed by atoms with Crippen molar-refractivity contribution < 1.29 is 4.79 Å². The lowest BCUT2D eigenvalue weighted by Crippen LogP contribution is -2.23. The van der Waals surface area contributed by atoms with Crippen LogP contribution >= 0.6 is 0 Å². The van der Waals surface area contributed by atoms with Crippen LogP contribution in [0.25, 0.3) is 0 Å². The monoisotopic (exact) mass is 202 g/mol. The quantitative estimate of drug-likeness (QED) is 0.784. The van der Waals surface area contributed by atoms with Crippen molar-refractivity contribution in [1.82, 2.24) is 5.32 Å². The summed E-state index contributed by atoms with van der Waals surface area (Å²) in [7, 11) is 3.43. The van der Waals surface area contributed by atoms with E-state index in [1.807, 2.05) is 6.07 Å². The van der Waals surface area contributed by atoms with Gasteiger partial charge in [-0.2, -0.15) is 0 Å². The number of rotatable bonds is 2. The third-order valence-corrected chi connectivity index (χ3v) is 3.25. The third kappa shape index (κ3) is 2.20. The molecule has 1 aromatic rings.